The van der Waals surface area contributed by atoms with Crippen molar-refractivity contribution >= 4 is 12.1 Å². The Labute approximate surface area is 129 Å². The van der Waals surface area contributed by atoms with Gasteiger partial charge in [0, 0.05) is 6.42 Å². The van der Waals surface area contributed by atoms with E-state index in [1.54, 1.807) is 18.3 Å². The molecule has 0 spiro atoms. The molecule has 22 heavy (non-hydrogen) atoms. The normalized spacial score (nSPS) is 16.2. The van der Waals surface area contributed by atoms with Crippen LogP contribution in [0.2, 0.25) is 0 Å². The number of hydrogen-bond donors (Lipinski definition) is 2. The number of fused-ring (bicyclic) bond motifs is 1. The monoisotopic (exact) mass is 296 g/mol. The summed E-state index contributed by atoms with van der Waals surface area (Å²) in [4.78, 5) is 3.48. The first-order valence-electron chi connectivity index (χ1n) is 7.32. The van der Waals surface area contributed by atoms with Crippen LogP contribution in [0.3, 0.4) is 0 Å². The van der Waals surface area contributed by atoms with Crippen LogP contribution in [0.5, 0.6) is 0 Å². The SMILES string of the molecule is CC1(C)Cc2ccccc2C(N/N=C\c2ccc(F)cc2)=[NH+]1. The highest BCUT2D eigenvalue weighted by atomic mass is 19.1. The zero-order valence-corrected chi connectivity index (χ0v) is 12.7. The molecule has 1 aliphatic rings. The number of hydrogen-bond acceptors (Lipinski definition) is 2. The van der Waals surface area contributed by atoms with Gasteiger partial charge < -0.3 is 0 Å². The van der Waals surface area contributed by atoms with E-state index in [0.29, 0.717) is 0 Å². The summed E-state index contributed by atoms with van der Waals surface area (Å²) in [5.74, 6) is 0.648. The van der Waals surface area contributed by atoms with Gasteiger partial charge in [0.25, 0.3) is 0 Å². The van der Waals surface area contributed by atoms with E-state index >= 15 is 0 Å². The van der Waals surface area contributed by atoms with Gasteiger partial charge in [-0.1, -0.05) is 35.4 Å². The van der Waals surface area contributed by atoms with E-state index in [0.717, 1.165) is 23.4 Å². The molecule has 0 fully saturated rings. The molecule has 4 heteroatoms. The fourth-order valence-electron chi connectivity index (χ4n) is 2.65. The molecule has 0 bridgehead atoms. The van der Waals surface area contributed by atoms with Gasteiger partial charge in [-0.05, 0) is 43.2 Å². The van der Waals surface area contributed by atoms with Crippen LogP contribution in [0.1, 0.15) is 30.5 Å². The third-order valence-corrected chi connectivity index (χ3v) is 3.64. The molecule has 3 nitrogen and oxygen atoms in total. The van der Waals surface area contributed by atoms with Crippen LogP contribution in [-0.2, 0) is 6.42 Å². The average Bonchev–Trinajstić information content (AvgIpc) is 2.48. The summed E-state index contributed by atoms with van der Waals surface area (Å²) in [6, 6.07) is 14.5. The molecule has 1 heterocycles. The van der Waals surface area contributed by atoms with E-state index < -0.39 is 0 Å². The number of benzene rings is 2. The summed E-state index contributed by atoms with van der Waals surface area (Å²) >= 11 is 0. The fourth-order valence-corrected chi connectivity index (χ4v) is 2.65. The molecule has 0 aliphatic carbocycles. The first-order chi connectivity index (χ1) is 10.5. The standard InChI is InChI=1S/C18H18FN3/c1-18(2)11-14-5-3-4-6-16(14)17(21-18)22-20-12-13-7-9-15(19)10-8-13/h3-10,12H,11H2,1-2H3,(H,21,22)/p+1/b20-12-. The Bertz CT molecular complexity index is 730. The molecule has 2 N–H and O–H groups in total. The molecule has 0 saturated heterocycles. The lowest BCUT2D eigenvalue weighted by molar-refractivity contribution is -0.547. The van der Waals surface area contributed by atoms with Crippen molar-refractivity contribution in [2.75, 3.05) is 0 Å². The summed E-state index contributed by atoms with van der Waals surface area (Å²) < 4.78 is 12.9. The van der Waals surface area contributed by atoms with Crippen molar-refractivity contribution in [2.24, 2.45) is 5.10 Å². The maximum Gasteiger partial charge on any atom is 0.300 e. The van der Waals surface area contributed by atoms with Gasteiger partial charge >= 0.3 is 5.84 Å². The molecule has 0 radical (unpaired) electrons. The van der Waals surface area contributed by atoms with Gasteiger partial charge in [-0.15, -0.1) is 5.43 Å². The Morgan fingerprint density at radius 3 is 2.64 bits per heavy atom. The number of nitrogens with zero attached hydrogens (tertiary/aromatic N) is 1. The van der Waals surface area contributed by atoms with E-state index in [9.17, 15) is 4.39 Å². The van der Waals surface area contributed by atoms with Crippen molar-refractivity contribution in [1.82, 2.24) is 5.43 Å². The highest BCUT2D eigenvalue weighted by Gasteiger charge is 2.30. The third kappa shape index (κ3) is 3.22. The van der Waals surface area contributed by atoms with Gasteiger partial charge in [-0.3, -0.25) is 4.99 Å². The Morgan fingerprint density at radius 2 is 1.86 bits per heavy atom. The number of amidine groups is 1. The second kappa shape index (κ2) is 5.72. The molecule has 112 valence electrons. The lowest BCUT2D eigenvalue weighted by Crippen LogP contribution is -2.89. The van der Waals surface area contributed by atoms with Gasteiger partial charge in [-0.2, -0.15) is 0 Å². The average molecular weight is 296 g/mol. The Hall–Kier alpha value is -2.49. The van der Waals surface area contributed by atoms with Crippen molar-refractivity contribution in [2.45, 2.75) is 25.8 Å². The Balaban J connectivity index is 1.81. The minimum Gasteiger partial charge on any atom is -0.267 e. The van der Waals surface area contributed by atoms with E-state index in [-0.39, 0.29) is 11.4 Å². The van der Waals surface area contributed by atoms with Gasteiger partial charge in [0.05, 0.1) is 11.8 Å². The topological polar surface area (TPSA) is 38.4 Å². The first-order valence-corrected chi connectivity index (χ1v) is 7.32. The van der Waals surface area contributed by atoms with Crippen LogP contribution in [0.4, 0.5) is 4.39 Å². The van der Waals surface area contributed by atoms with Crippen LogP contribution >= 0.6 is 0 Å². The van der Waals surface area contributed by atoms with Gasteiger partial charge in [0.2, 0.25) is 0 Å². The molecule has 0 amide bonds. The predicted octanol–water partition coefficient (Wildman–Crippen LogP) is 1.61. The highest BCUT2D eigenvalue weighted by molar-refractivity contribution is 5.97. The maximum absolute atomic E-state index is 12.9. The molecule has 2 aromatic rings. The van der Waals surface area contributed by atoms with E-state index in [2.05, 4.69) is 47.6 Å². The molecule has 0 aromatic heterocycles. The second-order valence-electron chi connectivity index (χ2n) is 6.14. The minimum absolute atomic E-state index is 0.0257. The molecule has 3 rings (SSSR count). The number of hydrazone groups is 1. The van der Waals surface area contributed by atoms with Crippen LogP contribution < -0.4 is 10.4 Å². The summed E-state index contributed by atoms with van der Waals surface area (Å²) in [5, 5.41) is 4.26. The predicted molar refractivity (Wildman–Crippen MR) is 86.4 cm³/mol. The second-order valence-corrected chi connectivity index (χ2v) is 6.14. The van der Waals surface area contributed by atoms with Gasteiger partial charge in [0.15, 0.2) is 0 Å². The molecular weight excluding hydrogens is 277 g/mol. The number of halogens is 1. The summed E-state index contributed by atoms with van der Waals surface area (Å²) in [6.07, 6.45) is 2.65. The van der Waals surface area contributed by atoms with Crippen LogP contribution in [0, 0.1) is 5.82 Å². The van der Waals surface area contributed by atoms with Gasteiger partial charge in [-0.25, -0.2) is 4.39 Å². The van der Waals surface area contributed by atoms with Crippen molar-refractivity contribution in [3.05, 3.63) is 71.0 Å². The van der Waals surface area contributed by atoms with E-state index in [1.807, 2.05) is 6.07 Å². The Kier molecular flexibility index (Phi) is 3.75. The molecule has 1 aliphatic heterocycles. The van der Waals surface area contributed by atoms with Crippen LogP contribution in [0.25, 0.3) is 0 Å². The summed E-state index contributed by atoms with van der Waals surface area (Å²) in [7, 11) is 0. The lowest BCUT2D eigenvalue weighted by Gasteiger charge is -2.24. The van der Waals surface area contributed by atoms with Crippen molar-refractivity contribution in [3.63, 3.8) is 0 Å². The van der Waals surface area contributed by atoms with Crippen LogP contribution in [-0.4, -0.2) is 17.6 Å². The highest BCUT2D eigenvalue weighted by Crippen LogP contribution is 2.16. The zero-order valence-electron chi connectivity index (χ0n) is 12.7. The molecule has 0 unspecified atom stereocenters. The largest absolute Gasteiger partial charge is 0.300 e. The van der Waals surface area contributed by atoms with E-state index in [4.69, 9.17) is 0 Å². The Morgan fingerprint density at radius 1 is 1.14 bits per heavy atom. The van der Waals surface area contributed by atoms with Crippen molar-refractivity contribution in [1.29, 1.82) is 0 Å². The number of rotatable bonds is 2. The molecular formula is C18H19FN3+. The summed E-state index contributed by atoms with van der Waals surface area (Å²) in [5.41, 5.74) is 6.33. The minimum atomic E-state index is -0.246. The lowest BCUT2D eigenvalue weighted by atomic mass is 9.89. The van der Waals surface area contributed by atoms with Crippen molar-refractivity contribution in [3.8, 4) is 0 Å². The molecule has 0 atom stereocenters. The first kappa shape index (κ1) is 14.4. The molecule has 2 aromatic carbocycles. The number of nitrogens with one attached hydrogen (secondary N) is 2. The van der Waals surface area contributed by atoms with Gasteiger partial charge in [0.1, 0.15) is 11.4 Å². The third-order valence-electron chi connectivity index (χ3n) is 3.64. The summed E-state index contributed by atoms with van der Waals surface area (Å²) in [6.45, 7) is 4.32. The smallest absolute Gasteiger partial charge is 0.267 e. The van der Waals surface area contributed by atoms with Crippen molar-refractivity contribution < 1.29 is 9.38 Å². The fraction of sp³-hybridized carbons (Fsp3) is 0.222. The zero-order chi connectivity index (χ0) is 15.6. The maximum atomic E-state index is 12.9. The van der Waals surface area contributed by atoms with Crippen LogP contribution in [0.15, 0.2) is 53.6 Å². The molecule has 0 saturated carbocycles. The quantitative estimate of drug-likeness (QED) is 0.641. The van der Waals surface area contributed by atoms with E-state index in [1.165, 1.54) is 17.7 Å².